The van der Waals surface area contributed by atoms with Gasteiger partial charge < -0.3 is 9.47 Å². The first-order valence-corrected chi connectivity index (χ1v) is 7.02. The highest BCUT2D eigenvalue weighted by atomic mass is 35.5. The quantitative estimate of drug-likeness (QED) is 0.830. The van der Waals surface area contributed by atoms with Crippen molar-refractivity contribution in [2.45, 2.75) is 38.2 Å². The Kier molecular flexibility index (Phi) is 5.23. The van der Waals surface area contributed by atoms with E-state index in [4.69, 9.17) is 21.1 Å². The molecule has 2 rings (SSSR count). The van der Waals surface area contributed by atoms with Crippen LogP contribution in [0.3, 0.4) is 0 Å². The van der Waals surface area contributed by atoms with E-state index in [-0.39, 0.29) is 11.9 Å². The Morgan fingerprint density at radius 3 is 3.00 bits per heavy atom. The van der Waals surface area contributed by atoms with Crippen LogP contribution in [-0.2, 0) is 16.0 Å². The van der Waals surface area contributed by atoms with Crippen molar-refractivity contribution in [3.05, 3.63) is 28.8 Å². The third-order valence-corrected chi connectivity index (χ3v) is 3.59. The molecule has 104 valence electrons. The van der Waals surface area contributed by atoms with Crippen LogP contribution >= 0.6 is 11.6 Å². The maximum absolute atomic E-state index is 12.1. The lowest BCUT2D eigenvalue weighted by molar-refractivity contribution is -0.122. The molecular weight excluding hydrogens is 264 g/mol. The van der Waals surface area contributed by atoms with Gasteiger partial charge in [0.25, 0.3) is 0 Å². The number of halogens is 1. The summed E-state index contributed by atoms with van der Waals surface area (Å²) in [6.07, 6.45) is 4.16. The van der Waals surface area contributed by atoms with E-state index in [0.29, 0.717) is 23.6 Å². The minimum atomic E-state index is 0.0893. The SMILES string of the molecule is COc1ccc(Cl)cc1CC(=O)CC1CCCCO1. The van der Waals surface area contributed by atoms with Gasteiger partial charge in [-0.3, -0.25) is 4.79 Å². The fourth-order valence-corrected chi connectivity index (χ4v) is 2.59. The van der Waals surface area contributed by atoms with Gasteiger partial charge in [-0.2, -0.15) is 0 Å². The summed E-state index contributed by atoms with van der Waals surface area (Å²) >= 11 is 5.96. The normalized spacial score (nSPS) is 19.2. The van der Waals surface area contributed by atoms with Crippen molar-refractivity contribution in [2.75, 3.05) is 13.7 Å². The number of carbonyl (C=O) groups is 1. The first-order chi connectivity index (χ1) is 9.19. The van der Waals surface area contributed by atoms with E-state index in [1.54, 1.807) is 25.3 Å². The topological polar surface area (TPSA) is 35.5 Å². The zero-order chi connectivity index (χ0) is 13.7. The number of ketones is 1. The molecule has 1 atom stereocenters. The van der Waals surface area contributed by atoms with E-state index < -0.39 is 0 Å². The minimum Gasteiger partial charge on any atom is -0.496 e. The average molecular weight is 283 g/mol. The van der Waals surface area contributed by atoms with Gasteiger partial charge in [-0.05, 0) is 37.5 Å². The van der Waals surface area contributed by atoms with Gasteiger partial charge in [0.2, 0.25) is 0 Å². The number of methoxy groups -OCH3 is 1. The Morgan fingerprint density at radius 1 is 1.47 bits per heavy atom. The van der Waals surface area contributed by atoms with Gasteiger partial charge in [-0.25, -0.2) is 0 Å². The van der Waals surface area contributed by atoms with Crippen LogP contribution in [0.15, 0.2) is 18.2 Å². The molecule has 4 heteroatoms. The molecule has 1 heterocycles. The fraction of sp³-hybridized carbons (Fsp3) is 0.533. The summed E-state index contributed by atoms with van der Waals surface area (Å²) in [5, 5.41) is 0.623. The number of rotatable bonds is 5. The molecule has 0 spiro atoms. The first kappa shape index (κ1) is 14.4. The molecule has 1 aliphatic heterocycles. The summed E-state index contributed by atoms with van der Waals surface area (Å²) in [4.78, 5) is 12.1. The van der Waals surface area contributed by atoms with E-state index >= 15 is 0 Å². The highest BCUT2D eigenvalue weighted by Gasteiger charge is 2.18. The van der Waals surface area contributed by atoms with Crippen LogP contribution in [0, 0.1) is 0 Å². The van der Waals surface area contributed by atoms with E-state index in [0.717, 1.165) is 31.4 Å². The number of benzene rings is 1. The third-order valence-electron chi connectivity index (χ3n) is 3.36. The fourth-order valence-electron chi connectivity index (χ4n) is 2.39. The van der Waals surface area contributed by atoms with E-state index in [1.165, 1.54) is 0 Å². The van der Waals surface area contributed by atoms with Gasteiger partial charge >= 0.3 is 0 Å². The summed E-state index contributed by atoms with van der Waals surface area (Å²) < 4.78 is 10.8. The molecule has 3 nitrogen and oxygen atoms in total. The van der Waals surface area contributed by atoms with Crippen molar-refractivity contribution in [1.29, 1.82) is 0 Å². The third kappa shape index (κ3) is 4.22. The summed E-state index contributed by atoms with van der Waals surface area (Å²) in [5.74, 6) is 0.884. The lowest BCUT2D eigenvalue weighted by Crippen LogP contribution is -2.23. The molecule has 1 unspecified atom stereocenters. The molecule has 0 radical (unpaired) electrons. The minimum absolute atomic E-state index is 0.0893. The molecule has 1 fully saturated rings. The molecule has 1 aliphatic rings. The molecular formula is C15H19ClO3. The predicted octanol–water partition coefficient (Wildman–Crippen LogP) is 3.42. The van der Waals surface area contributed by atoms with Gasteiger partial charge in [0.05, 0.1) is 13.2 Å². The molecule has 0 aliphatic carbocycles. The van der Waals surface area contributed by atoms with Crippen molar-refractivity contribution >= 4 is 17.4 Å². The molecule has 0 amide bonds. The number of Topliss-reactive ketones (excluding diaryl/α,β-unsaturated/α-hetero) is 1. The Labute approximate surface area is 118 Å². The van der Waals surface area contributed by atoms with Crippen LogP contribution in [0.4, 0.5) is 0 Å². The maximum atomic E-state index is 12.1. The Balaban J connectivity index is 1.95. The second-order valence-corrected chi connectivity index (χ2v) is 5.30. The molecule has 1 aromatic rings. The highest BCUT2D eigenvalue weighted by Crippen LogP contribution is 2.24. The molecule has 1 saturated heterocycles. The van der Waals surface area contributed by atoms with Crippen molar-refractivity contribution in [2.24, 2.45) is 0 Å². The predicted molar refractivity (Wildman–Crippen MR) is 74.9 cm³/mol. The second kappa shape index (κ2) is 6.92. The lowest BCUT2D eigenvalue weighted by Gasteiger charge is -2.21. The largest absolute Gasteiger partial charge is 0.496 e. The monoisotopic (exact) mass is 282 g/mol. The molecule has 0 N–H and O–H groups in total. The molecule has 1 aromatic carbocycles. The number of hydrogen-bond donors (Lipinski definition) is 0. The molecule has 0 bridgehead atoms. The Hall–Kier alpha value is -1.06. The van der Waals surface area contributed by atoms with Crippen LogP contribution in [-0.4, -0.2) is 25.6 Å². The van der Waals surface area contributed by atoms with Gasteiger partial charge in [-0.1, -0.05) is 11.6 Å². The zero-order valence-corrected chi connectivity index (χ0v) is 11.9. The van der Waals surface area contributed by atoms with E-state index in [9.17, 15) is 4.79 Å². The van der Waals surface area contributed by atoms with E-state index in [2.05, 4.69) is 0 Å². The number of carbonyl (C=O) groups excluding carboxylic acids is 1. The summed E-state index contributed by atoms with van der Waals surface area (Å²) in [6, 6.07) is 5.35. The van der Waals surface area contributed by atoms with Crippen LogP contribution in [0.25, 0.3) is 0 Å². The highest BCUT2D eigenvalue weighted by molar-refractivity contribution is 6.30. The Bertz CT molecular complexity index is 439. The van der Waals surface area contributed by atoms with Crippen molar-refractivity contribution < 1.29 is 14.3 Å². The molecule has 19 heavy (non-hydrogen) atoms. The van der Waals surface area contributed by atoms with Crippen LogP contribution in [0.2, 0.25) is 5.02 Å². The van der Waals surface area contributed by atoms with Crippen molar-refractivity contribution in [3.8, 4) is 5.75 Å². The smallest absolute Gasteiger partial charge is 0.139 e. The van der Waals surface area contributed by atoms with Crippen LogP contribution in [0.1, 0.15) is 31.2 Å². The van der Waals surface area contributed by atoms with E-state index in [1.807, 2.05) is 0 Å². The number of ether oxygens (including phenoxy) is 2. The van der Waals surface area contributed by atoms with Crippen molar-refractivity contribution in [3.63, 3.8) is 0 Å². The molecule has 0 saturated carbocycles. The number of hydrogen-bond acceptors (Lipinski definition) is 3. The summed E-state index contributed by atoms with van der Waals surface area (Å²) in [7, 11) is 1.60. The standard InChI is InChI=1S/C15H19ClO3/c1-18-15-6-5-12(16)8-11(15)9-13(17)10-14-4-2-3-7-19-14/h5-6,8,14H,2-4,7,9-10H2,1H3. The van der Waals surface area contributed by atoms with Gasteiger partial charge in [0.15, 0.2) is 0 Å². The summed E-state index contributed by atoms with van der Waals surface area (Å²) in [6.45, 7) is 0.776. The lowest BCUT2D eigenvalue weighted by atomic mass is 10.00. The average Bonchev–Trinajstić information content (AvgIpc) is 2.40. The van der Waals surface area contributed by atoms with Gasteiger partial charge in [-0.15, -0.1) is 0 Å². The van der Waals surface area contributed by atoms with Gasteiger partial charge in [0, 0.05) is 30.0 Å². The van der Waals surface area contributed by atoms with Crippen LogP contribution in [0.5, 0.6) is 5.75 Å². The van der Waals surface area contributed by atoms with Gasteiger partial charge in [0.1, 0.15) is 11.5 Å². The Morgan fingerprint density at radius 2 is 2.32 bits per heavy atom. The first-order valence-electron chi connectivity index (χ1n) is 6.65. The van der Waals surface area contributed by atoms with Crippen LogP contribution < -0.4 is 4.74 Å². The van der Waals surface area contributed by atoms with Crippen molar-refractivity contribution in [1.82, 2.24) is 0 Å². The maximum Gasteiger partial charge on any atom is 0.139 e. The summed E-state index contributed by atoms with van der Waals surface area (Å²) in [5.41, 5.74) is 0.843. The zero-order valence-electron chi connectivity index (χ0n) is 11.2. The molecule has 0 aromatic heterocycles. The second-order valence-electron chi connectivity index (χ2n) is 4.86.